The van der Waals surface area contributed by atoms with Gasteiger partial charge in [0.05, 0.1) is 17.4 Å². The van der Waals surface area contributed by atoms with E-state index < -0.39 is 10.0 Å². The minimum Gasteiger partial charge on any atom is -0.399 e. The number of benzene rings is 2. The molecule has 0 saturated heterocycles. The maximum Gasteiger partial charge on any atom is 0.263 e. The Bertz CT molecular complexity index is 921. The maximum atomic E-state index is 12.5. The van der Waals surface area contributed by atoms with E-state index in [0.717, 1.165) is 5.52 Å². The third-order valence-electron chi connectivity index (χ3n) is 2.97. The van der Waals surface area contributed by atoms with Gasteiger partial charge in [-0.2, -0.15) is 5.10 Å². The van der Waals surface area contributed by atoms with Gasteiger partial charge in [-0.3, -0.25) is 9.82 Å². The molecule has 1 aromatic heterocycles. The SMILES string of the molecule is Nc1ccc(Br)c(S(=O)(=O)Nc2cccc3[nH]ncc23)c1. The van der Waals surface area contributed by atoms with Gasteiger partial charge in [-0.1, -0.05) is 6.07 Å². The molecule has 2 aromatic carbocycles. The highest BCUT2D eigenvalue weighted by Gasteiger charge is 2.19. The number of rotatable bonds is 3. The fraction of sp³-hybridized carbons (Fsp3) is 0. The van der Waals surface area contributed by atoms with Crippen molar-refractivity contribution >= 4 is 48.2 Å². The van der Waals surface area contributed by atoms with Crippen molar-refractivity contribution in [1.29, 1.82) is 0 Å². The number of nitrogens with zero attached hydrogens (tertiary/aromatic N) is 1. The molecule has 0 aliphatic carbocycles. The number of aromatic amines is 1. The monoisotopic (exact) mass is 366 g/mol. The lowest BCUT2D eigenvalue weighted by molar-refractivity contribution is 0.601. The third-order valence-corrected chi connectivity index (χ3v) is 5.33. The number of nitrogens with two attached hydrogens (primary N) is 1. The van der Waals surface area contributed by atoms with Gasteiger partial charge in [0.2, 0.25) is 0 Å². The van der Waals surface area contributed by atoms with Crippen LogP contribution >= 0.6 is 15.9 Å². The van der Waals surface area contributed by atoms with E-state index in [9.17, 15) is 8.42 Å². The number of aromatic nitrogens is 2. The van der Waals surface area contributed by atoms with Crippen molar-refractivity contribution in [3.05, 3.63) is 47.1 Å². The minimum atomic E-state index is -3.75. The summed E-state index contributed by atoms with van der Waals surface area (Å²) in [4.78, 5) is 0.0861. The number of anilines is 2. The number of nitrogens with one attached hydrogen (secondary N) is 2. The summed E-state index contributed by atoms with van der Waals surface area (Å²) in [5.74, 6) is 0. The molecule has 8 heteroatoms. The van der Waals surface area contributed by atoms with Crippen molar-refractivity contribution in [3.8, 4) is 0 Å². The molecule has 0 unspecified atom stereocenters. The van der Waals surface area contributed by atoms with Crippen molar-refractivity contribution in [2.24, 2.45) is 0 Å². The second-order valence-corrected chi connectivity index (χ2v) is 6.94. The standard InChI is InChI=1S/C13H11BrN4O2S/c14-10-5-4-8(15)6-13(10)21(19,20)18-12-3-1-2-11-9(12)7-16-17-11/h1-7,18H,15H2,(H,16,17). The molecule has 0 radical (unpaired) electrons. The molecule has 4 N–H and O–H groups in total. The van der Waals surface area contributed by atoms with Crippen LogP contribution in [0.4, 0.5) is 11.4 Å². The Morgan fingerprint density at radius 1 is 1.24 bits per heavy atom. The van der Waals surface area contributed by atoms with Gasteiger partial charge < -0.3 is 5.73 Å². The highest BCUT2D eigenvalue weighted by molar-refractivity contribution is 9.10. The van der Waals surface area contributed by atoms with Gasteiger partial charge in [-0.15, -0.1) is 0 Å². The van der Waals surface area contributed by atoms with Gasteiger partial charge >= 0.3 is 0 Å². The molecule has 3 aromatic rings. The molecule has 0 atom stereocenters. The molecule has 0 spiro atoms. The summed E-state index contributed by atoms with van der Waals surface area (Å²) < 4.78 is 28.0. The first kappa shape index (κ1) is 13.9. The molecule has 0 aliphatic rings. The number of nitrogen functional groups attached to an aromatic ring is 1. The normalized spacial score (nSPS) is 11.7. The second kappa shape index (κ2) is 5.05. The van der Waals surface area contributed by atoms with Crippen molar-refractivity contribution in [3.63, 3.8) is 0 Å². The van der Waals surface area contributed by atoms with E-state index in [1.165, 1.54) is 6.07 Å². The lowest BCUT2D eigenvalue weighted by Gasteiger charge is -2.11. The van der Waals surface area contributed by atoms with E-state index in [2.05, 4.69) is 30.8 Å². The fourth-order valence-electron chi connectivity index (χ4n) is 1.98. The third kappa shape index (κ3) is 2.59. The summed E-state index contributed by atoms with van der Waals surface area (Å²) in [6.45, 7) is 0. The zero-order chi connectivity index (χ0) is 15.0. The minimum absolute atomic E-state index is 0.0861. The van der Waals surface area contributed by atoms with E-state index in [1.54, 1.807) is 30.5 Å². The molecule has 0 aliphatic heterocycles. The van der Waals surface area contributed by atoms with E-state index >= 15 is 0 Å². The van der Waals surface area contributed by atoms with Crippen LogP contribution in [0.25, 0.3) is 10.9 Å². The highest BCUT2D eigenvalue weighted by atomic mass is 79.9. The molecule has 6 nitrogen and oxygen atoms in total. The van der Waals surface area contributed by atoms with Gasteiger partial charge in [0.1, 0.15) is 4.90 Å². The summed E-state index contributed by atoms with van der Waals surface area (Å²) in [6.07, 6.45) is 1.57. The van der Waals surface area contributed by atoms with Gasteiger partial charge in [-0.25, -0.2) is 8.42 Å². The number of fused-ring (bicyclic) bond motifs is 1. The van der Waals surface area contributed by atoms with Crippen molar-refractivity contribution in [2.75, 3.05) is 10.5 Å². The van der Waals surface area contributed by atoms with Crippen molar-refractivity contribution < 1.29 is 8.42 Å². The van der Waals surface area contributed by atoms with Gasteiger partial charge in [0, 0.05) is 15.5 Å². The lowest BCUT2D eigenvalue weighted by atomic mass is 10.2. The number of sulfonamides is 1. The molecule has 108 valence electrons. The van der Waals surface area contributed by atoms with E-state index in [4.69, 9.17) is 5.73 Å². The molecule has 0 amide bonds. The molecule has 21 heavy (non-hydrogen) atoms. The van der Waals surface area contributed by atoms with Crippen LogP contribution in [-0.4, -0.2) is 18.6 Å². The van der Waals surface area contributed by atoms with Crippen LogP contribution in [0.2, 0.25) is 0 Å². The first-order valence-corrected chi connectivity index (χ1v) is 8.25. The Kier molecular flexibility index (Phi) is 3.34. The van der Waals surface area contributed by atoms with Gasteiger partial charge in [-0.05, 0) is 46.3 Å². The number of hydrogen-bond acceptors (Lipinski definition) is 4. The van der Waals surface area contributed by atoms with Crippen LogP contribution in [0.15, 0.2) is 52.0 Å². The quantitative estimate of drug-likeness (QED) is 0.620. The Morgan fingerprint density at radius 3 is 2.86 bits per heavy atom. The maximum absolute atomic E-state index is 12.5. The van der Waals surface area contributed by atoms with E-state index in [0.29, 0.717) is 21.2 Å². The van der Waals surface area contributed by atoms with Crippen LogP contribution in [0.5, 0.6) is 0 Å². The number of H-pyrrole nitrogens is 1. The largest absolute Gasteiger partial charge is 0.399 e. The highest BCUT2D eigenvalue weighted by Crippen LogP contribution is 2.28. The molecule has 0 bridgehead atoms. The molecular formula is C13H11BrN4O2S. The Morgan fingerprint density at radius 2 is 2.05 bits per heavy atom. The van der Waals surface area contributed by atoms with Crippen LogP contribution in [0.1, 0.15) is 0 Å². The summed E-state index contributed by atoms with van der Waals surface area (Å²) in [6, 6.07) is 9.86. The molecule has 0 saturated carbocycles. The van der Waals surface area contributed by atoms with Crippen molar-refractivity contribution in [1.82, 2.24) is 10.2 Å². The number of hydrogen-bond donors (Lipinski definition) is 3. The predicted octanol–water partition coefficient (Wildman–Crippen LogP) is 2.71. The number of halogens is 1. The van der Waals surface area contributed by atoms with Crippen LogP contribution in [0, 0.1) is 0 Å². The fourth-order valence-corrected chi connectivity index (χ4v) is 4.06. The van der Waals surface area contributed by atoms with Crippen LogP contribution in [-0.2, 0) is 10.0 Å². The Balaban J connectivity index is 2.08. The topological polar surface area (TPSA) is 101 Å². The summed E-state index contributed by atoms with van der Waals surface area (Å²) >= 11 is 3.23. The van der Waals surface area contributed by atoms with E-state index in [-0.39, 0.29) is 4.90 Å². The van der Waals surface area contributed by atoms with Gasteiger partial charge in [0.25, 0.3) is 10.0 Å². The second-order valence-electron chi connectivity index (χ2n) is 4.43. The lowest BCUT2D eigenvalue weighted by Crippen LogP contribution is -2.14. The predicted molar refractivity (Wildman–Crippen MR) is 85.5 cm³/mol. The summed E-state index contributed by atoms with van der Waals surface area (Å²) in [5, 5.41) is 7.39. The summed E-state index contributed by atoms with van der Waals surface area (Å²) in [7, 11) is -3.75. The molecule has 3 rings (SSSR count). The van der Waals surface area contributed by atoms with Crippen LogP contribution < -0.4 is 10.5 Å². The zero-order valence-corrected chi connectivity index (χ0v) is 13.1. The average Bonchev–Trinajstić information content (AvgIpc) is 2.90. The first-order chi connectivity index (χ1) is 9.97. The molecule has 1 heterocycles. The Hall–Kier alpha value is -2.06. The van der Waals surface area contributed by atoms with Gasteiger partial charge in [0.15, 0.2) is 0 Å². The zero-order valence-electron chi connectivity index (χ0n) is 10.7. The van der Waals surface area contributed by atoms with E-state index in [1.807, 2.05) is 6.07 Å². The van der Waals surface area contributed by atoms with Crippen molar-refractivity contribution in [2.45, 2.75) is 4.90 Å². The smallest absolute Gasteiger partial charge is 0.263 e. The van der Waals surface area contributed by atoms with Crippen LogP contribution in [0.3, 0.4) is 0 Å². The Labute approximate surface area is 129 Å². The molecular weight excluding hydrogens is 356 g/mol. The summed E-state index contributed by atoms with van der Waals surface area (Å²) in [5.41, 5.74) is 7.24. The molecule has 0 fully saturated rings. The first-order valence-electron chi connectivity index (χ1n) is 5.97. The average molecular weight is 367 g/mol.